The number of carboxylic acid groups (broad SMARTS) is 1. The third-order valence-corrected chi connectivity index (χ3v) is 1.70. The van der Waals surface area contributed by atoms with Crippen molar-refractivity contribution >= 4 is 5.97 Å². The maximum atomic E-state index is 10.9. The summed E-state index contributed by atoms with van der Waals surface area (Å²) in [4.78, 5) is 10.9. The topological polar surface area (TPSA) is 58.6 Å². The number of carbonyl (C=O) groups is 1. The maximum absolute atomic E-state index is 10.9. The normalized spacial score (nSPS) is 14.9. The minimum absolute atomic E-state index is 0.159. The summed E-state index contributed by atoms with van der Waals surface area (Å²) in [5.41, 5.74) is -1.02. The van der Waals surface area contributed by atoms with Crippen molar-refractivity contribution < 1.29 is 14.6 Å². The number of hydrogen-bond acceptors (Lipinski definition) is 3. The smallest absolute Gasteiger partial charge is 0.326 e. The van der Waals surface area contributed by atoms with Crippen LogP contribution < -0.4 is 5.32 Å². The molecule has 0 aromatic rings. The maximum Gasteiger partial charge on any atom is 0.326 e. The van der Waals surface area contributed by atoms with Crippen LogP contribution >= 0.6 is 0 Å². The Labute approximate surface area is 78.6 Å². The van der Waals surface area contributed by atoms with Gasteiger partial charge in [0.1, 0.15) is 5.54 Å². The van der Waals surface area contributed by atoms with Crippen molar-refractivity contribution in [1.82, 2.24) is 5.32 Å². The van der Waals surface area contributed by atoms with Crippen LogP contribution in [0.4, 0.5) is 0 Å². The zero-order valence-corrected chi connectivity index (χ0v) is 8.17. The van der Waals surface area contributed by atoms with Gasteiger partial charge in [-0.2, -0.15) is 0 Å². The van der Waals surface area contributed by atoms with E-state index in [-0.39, 0.29) is 6.61 Å². The highest BCUT2D eigenvalue weighted by Gasteiger charge is 2.32. The summed E-state index contributed by atoms with van der Waals surface area (Å²) >= 11 is 0. The predicted molar refractivity (Wildman–Crippen MR) is 50.7 cm³/mol. The molecule has 0 fully saturated rings. The molecular weight excluding hydrogens is 170 g/mol. The summed E-state index contributed by atoms with van der Waals surface area (Å²) in [6.07, 6.45) is 1.62. The van der Waals surface area contributed by atoms with Crippen molar-refractivity contribution in [2.75, 3.05) is 19.8 Å². The molecule has 4 heteroatoms. The number of carboxylic acids is 1. The van der Waals surface area contributed by atoms with Crippen LogP contribution in [-0.2, 0) is 9.53 Å². The van der Waals surface area contributed by atoms with E-state index in [4.69, 9.17) is 9.84 Å². The Morgan fingerprint density at radius 1 is 1.77 bits per heavy atom. The summed E-state index contributed by atoms with van der Waals surface area (Å²) in [5.74, 6) is -0.914. The standard InChI is InChI=1S/C9H17NO3/c1-4-6-10-9(3,8(11)12)7-13-5-2/h4,10H,1,5-7H2,2-3H3,(H,11,12). The minimum atomic E-state index is -1.02. The molecule has 2 N–H and O–H groups in total. The van der Waals surface area contributed by atoms with E-state index >= 15 is 0 Å². The lowest BCUT2D eigenvalue weighted by Gasteiger charge is -2.25. The summed E-state index contributed by atoms with van der Waals surface area (Å²) < 4.78 is 5.08. The van der Waals surface area contributed by atoms with Crippen LogP contribution in [0.5, 0.6) is 0 Å². The van der Waals surface area contributed by atoms with Crippen LogP contribution in [0, 0.1) is 0 Å². The van der Waals surface area contributed by atoms with E-state index in [9.17, 15) is 4.79 Å². The zero-order chi connectivity index (χ0) is 10.3. The van der Waals surface area contributed by atoms with Gasteiger partial charge in [0.05, 0.1) is 6.61 Å². The first-order valence-corrected chi connectivity index (χ1v) is 4.24. The third kappa shape index (κ3) is 4.05. The van der Waals surface area contributed by atoms with Gasteiger partial charge in [-0.05, 0) is 13.8 Å². The molecule has 0 amide bonds. The fourth-order valence-electron chi connectivity index (χ4n) is 0.792. The van der Waals surface area contributed by atoms with Gasteiger partial charge in [0, 0.05) is 13.2 Å². The SMILES string of the molecule is C=CCNC(C)(COCC)C(=O)O. The van der Waals surface area contributed by atoms with E-state index in [1.165, 1.54) is 0 Å². The average molecular weight is 187 g/mol. The fraction of sp³-hybridized carbons (Fsp3) is 0.667. The molecule has 0 radical (unpaired) electrons. The van der Waals surface area contributed by atoms with E-state index in [0.717, 1.165) is 0 Å². The molecule has 1 unspecified atom stereocenters. The lowest BCUT2D eigenvalue weighted by molar-refractivity contribution is -0.146. The monoisotopic (exact) mass is 187 g/mol. The van der Waals surface area contributed by atoms with Crippen molar-refractivity contribution in [3.8, 4) is 0 Å². The molecule has 13 heavy (non-hydrogen) atoms. The lowest BCUT2D eigenvalue weighted by Crippen LogP contribution is -2.53. The average Bonchev–Trinajstić information content (AvgIpc) is 2.11. The molecule has 0 saturated carbocycles. The Morgan fingerprint density at radius 3 is 2.77 bits per heavy atom. The van der Waals surface area contributed by atoms with Gasteiger partial charge < -0.3 is 9.84 Å². The number of rotatable bonds is 7. The van der Waals surface area contributed by atoms with Crippen molar-refractivity contribution in [3.05, 3.63) is 12.7 Å². The Morgan fingerprint density at radius 2 is 2.38 bits per heavy atom. The second-order valence-corrected chi connectivity index (χ2v) is 2.94. The van der Waals surface area contributed by atoms with E-state index in [0.29, 0.717) is 13.2 Å². The highest BCUT2D eigenvalue weighted by Crippen LogP contribution is 2.04. The Bertz CT molecular complexity index is 182. The number of ether oxygens (including phenoxy) is 1. The Kier molecular flexibility index (Phi) is 5.34. The Hall–Kier alpha value is -0.870. The van der Waals surface area contributed by atoms with E-state index in [1.54, 1.807) is 13.0 Å². The molecule has 0 aliphatic rings. The summed E-state index contributed by atoms with van der Waals surface area (Å²) in [6.45, 7) is 8.05. The van der Waals surface area contributed by atoms with Crippen molar-refractivity contribution in [2.24, 2.45) is 0 Å². The van der Waals surface area contributed by atoms with Crippen LogP contribution in [-0.4, -0.2) is 36.4 Å². The highest BCUT2D eigenvalue weighted by atomic mass is 16.5. The fourth-order valence-corrected chi connectivity index (χ4v) is 0.792. The summed E-state index contributed by atoms with van der Waals surface area (Å²) in [5, 5.41) is 11.7. The molecule has 4 nitrogen and oxygen atoms in total. The first-order valence-electron chi connectivity index (χ1n) is 4.24. The van der Waals surface area contributed by atoms with Gasteiger partial charge in [-0.1, -0.05) is 6.08 Å². The first kappa shape index (κ1) is 12.1. The van der Waals surface area contributed by atoms with Gasteiger partial charge in [0.25, 0.3) is 0 Å². The van der Waals surface area contributed by atoms with Crippen molar-refractivity contribution in [3.63, 3.8) is 0 Å². The predicted octanol–water partition coefficient (Wildman–Crippen LogP) is 0.642. The Balaban J connectivity index is 4.15. The quantitative estimate of drug-likeness (QED) is 0.574. The molecule has 0 rings (SSSR count). The molecular formula is C9H17NO3. The van der Waals surface area contributed by atoms with Crippen LogP contribution in [0.2, 0.25) is 0 Å². The van der Waals surface area contributed by atoms with E-state index in [1.807, 2.05) is 6.92 Å². The minimum Gasteiger partial charge on any atom is -0.480 e. The molecule has 0 aliphatic heterocycles. The molecule has 1 atom stereocenters. The van der Waals surface area contributed by atoms with Gasteiger partial charge in [-0.3, -0.25) is 10.1 Å². The molecule has 0 aromatic carbocycles. The van der Waals surface area contributed by atoms with Crippen LogP contribution in [0.15, 0.2) is 12.7 Å². The zero-order valence-electron chi connectivity index (χ0n) is 8.17. The molecule has 0 bridgehead atoms. The summed E-state index contributed by atoms with van der Waals surface area (Å²) in [7, 11) is 0. The van der Waals surface area contributed by atoms with Gasteiger partial charge in [-0.15, -0.1) is 6.58 Å². The number of hydrogen-bond donors (Lipinski definition) is 2. The number of aliphatic carboxylic acids is 1. The molecule has 0 aromatic heterocycles. The van der Waals surface area contributed by atoms with Crippen LogP contribution in [0.3, 0.4) is 0 Å². The third-order valence-electron chi connectivity index (χ3n) is 1.70. The van der Waals surface area contributed by atoms with E-state index in [2.05, 4.69) is 11.9 Å². The first-order chi connectivity index (χ1) is 6.06. The van der Waals surface area contributed by atoms with Crippen molar-refractivity contribution in [2.45, 2.75) is 19.4 Å². The van der Waals surface area contributed by atoms with Gasteiger partial charge in [-0.25, -0.2) is 0 Å². The molecule has 0 aliphatic carbocycles. The second-order valence-electron chi connectivity index (χ2n) is 2.94. The highest BCUT2D eigenvalue weighted by molar-refractivity contribution is 5.78. The largest absolute Gasteiger partial charge is 0.480 e. The number of nitrogens with one attached hydrogen (secondary N) is 1. The second kappa shape index (κ2) is 5.72. The van der Waals surface area contributed by atoms with Gasteiger partial charge >= 0.3 is 5.97 Å². The molecule has 0 heterocycles. The molecule has 0 spiro atoms. The van der Waals surface area contributed by atoms with Gasteiger partial charge in [0.15, 0.2) is 0 Å². The van der Waals surface area contributed by atoms with Gasteiger partial charge in [0.2, 0.25) is 0 Å². The lowest BCUT2D eigenvalue weighted by atomic mass is 10.0. The van der Waals surface area contributed by atoms with E-state index < -0.39 is 11.5 Å². The van der Waals surface area contributed by atoms with Crippen LogP contribution in [0.25, 0.3) is 0 Å². The molecule has 76 valence electrons. The van der Waals surface area contributed by atoms with Crippen LogP contribution in [0.1, 0.15) is 13.8 Å². The van der Waals surface area contributed by atoms with Crippen molar-refractivity contribution in [1.29, 1.82) is 0 Å². The molecule has 0 saturated heterocycles. The summed E-state index contributed by atoms with van der Waals surface area (Å²) in [6, 6.07) is 0.